The molecule has 0 saturated heterocycles. The van der Waals surface area contributed by atoms with Gasteiger partial charge in [-0.2, -0.15) is 0 Å². The molecule has 0 unspecified atom stereocenters. The lowest BCUT2D eigenvalue weighted by molar-refractivity contribution is -0.142. The highest BCUT2D eigenvalue weighted by Crippen LogP contribution is 2.26. The van der Waals surface area contributed by atoms with Crippen LogP contribution in [0.25, 0.3) is 0 Å². The van der Waals surface area contributed by atoms with E-state index >= 15 is 0 Å². The zero-order valence-electron chi connectivity index (χ0n) is 19.9. The summed E-state index contributed by atoms with van der Waals surface area (Å²) in [7, 11) is 0. The molecule has 1 N–H and O–H groups in total. The zero-order chi connectivity index (χ0) is 24.5. The first-order valence-electron chi connectivity index (χ1n) is 11.4. The highest BCUT2D eigenvalue weighted by Gasteiger charge is 2.30. The third-order valence-corrected chi connectivity index (χ3v) is 6.19. The molecular formula is C28H31ClN2O3. The van der Waals surface area contributed by atoms with Gasteiger partial charge < -0.3 is 15.0 Å². The van der Waals surface area contributed by atoms with Crippen molar-refractivity contribution in [2.45, 2.75) is 39.8 Å². The lowest BCUT2D eigenvalue weighted by Crippen LogP contribution is -2.51. The van der Waals surface area contributed by atoms with Crippen molar-refractivity contribution >= 4 is 23.4 Å². The van der Waals surface area contributed by atoms with Gasteiger partial charge >= 0.3 is 0 Å². The first-order chi connectivity index (χ1) is 16.4. The van der Waals surface area contributed by atoms with Gasteiger partial charge in [0.05, 0.1) is 0 Å². The third-order valence-electron chi connectivity index (χ3n) is 5.59. The van der Waals surface area contributed by atoms with Gasteiger partial charge in [-0.1, -0.05) is 72.3 Å². The predicted octanol–water partition coefficient (Wildman–Crippen LogP) is 5.11. The maximum atomic E-state index is 13.5. The van der Waals surface area contributed by atoms with Crippen LogP contribution in [0.2, 0.25) is 5.02 Å². The minimum atomic E-state index is -0.674. The smallest absolute Gasteiger partial charge is 0.261 e. The number of aryl methyl sites for hydroxylation is 2. The summed E-state index contributed by atoms with van der Waals surface area (Å²) in [5.41, 5.74) is 3.69. The summed E-state index contributed by atoms with van der Waals surface area (Å²) in [6.45, 7) is 6.27. The number of amides is 2. The van der Waals surface area contributed by atoms with Crippen LogP contribution in [0.3, 0.4) is 0 Å². The Labute approximate surface area is 206 Å². The fourth-order valence-corrected chi connectivity index (χ4v) is 3.95. The van der Waals surface area contributed by atoms with Crippen molar-refractivity contribution in [3.05, 3.63) is 100 Å². The molecule has 3 aromatic rings. The van der Waals surface area contributed by atoms with Gasteiger partial charge in [0.1, 0.15) is 11.8 Å². The molecule has 0 aliphatic heterocycles. The van der Waals surface area contributed by atoms with E-state index in [-0.39, 0.29) is 18.4 Å². The molecule has 0 fully saturated rings. The van der Waals surface area contributed by atoms with Crippen molar-refractivity contribution in [2.24, 2.45) is 0 Å². The van der Waals surface area contributed by atoms with E-state index in [0.29, 0.717) is 30.3 Å². The molecule has 0 heterocycles. The van der Waals surface area contributed by atoms with Crippen molar-refractivity contribution in [3.63, 3.8) is 0 Å². The molecule has 0 spiro atoms. The van der Waals surface area contributed by atoms with Crippen LogP contribution in [0.1, 0.15) is 29.2 Å². The summed E-state index contributed by atoms with van der Waals surface area (Å²) in [4.78, 5) is 28.2. The topological polar surface area (TPSA) is 58.6 Å². The maximum absolute atomic E-state index is 13.5. The molecule has 3 aromatic carbocycles. The van der Waals surface area contributed by atoms with Gasteiger partial charge in [-0.25, -0.2) is 0 Å². The molecule has 0 aliphatic carbocycles. The fraction of sp³-hybridized carbons (Fsp3) is 0.286. The van der Waals surface area contributed by atoms with Gasteiger partial charge in [-0.3, -0.25) is 9.59 Å². The van der Waals surface area contributed by atoms with Crippen LogP contribution in [0.15, 0.2) is 72.8 Å². The van der Waals surface area contributed by atoms with E-state index in [9.17, 15) is 9.59 Å². The molecule has 5 nitrogen and oxygen atoms in total. The number of carbonyl (C=O) groups is 2. The molecule has 2 amide bonds. The van der Waals surface area contributed by atoms with Gasteiger partial charge in [-0.15, -0.1) is 0 Å². The van der Waals surface area contributed by atoms with Crippen LogP contribution in [0.5, 0.6) is 5.75 Å². The van der Waals surface area contributed by atoms with E-state index in [0.717, 1.165) is 22.3 Å². The van der Waals surface area contributed by atoms with Crippen molar-refractivity contribution in [3.8, 4) is 5.75 Å². The summed E-state index contributed by atoms with van der Waals surface area (Å²) in [6, 6.07) is 22.4. The second-order valence-corrected chi connectivity index (χ2v) is 8.65. The Kier molecular flexibility index (Phi) is 9.11. The number of hydrogen-bond donors (Lipinski definition) is 1. The minimum Gasteiger partial charge on any atom is -0.484 e. The fourth-order valence-electron chi connectivity index (χ4n) is 3.84. The lowest BCUT2D eigenvalue weighted by atomic mass is 10.0. The zero-order valence-corrected chi connectivity index (χ0v) is 20.6. The third kappa shape index (κ3) is 6.84. The Morgan fingerprint density at radius 3 is 2.06 bits per heavy atom. The molecule has 1 atom stereocenters. The Morgan fingerprint density at radius 1 is 0.941 bits per heavy atom. The maximum Gasteiger partial charge on any atom is 0.261 e. The van der Waals surface area contributed by atoms with Crippen molar-refractivity contribution in [2.75, 3.05) is 13.2 Å². The first kappa shape index (κ1) is 25.3. The summed E-state index contributed by atoms with van der Waals surface area (Å²) < 4.78 is 5.86. The molecule has 0 aliphatic rings. The normalized spacial score (nSPS) is 11.5. The summed E-state index contributed by atoms with van der Waals surface area (Å²) in [5.74, 6) is 0.125. The Bertz CT molecular complexity index is 1080. The number of benzene rings is 3. The predicted molar refractivity (Wildman–Crippen MR) is 136 cm³/mol. The van der Waals surface area contributed by atoms with Crippen molar-refractivity contribution in [1.29, 1.82) is 0 Å². The summed E-state index contributed by atoms with van der Waals surface area (Å²) >= 11 is 6.26. The second-order valence-electron chi connectivity index (χ2n) is 8.27. The molecule has 178 valence electrons. The van der Waals surface area contributed by atoms with Crippen LogP contribution in [-0.4, -0.2) is 35.9 Å². The standard InChI is InChI=1S/C28H31ClN2O3/c1-4-30-28(33)25(17-22-11-7-5-8-12-22)31(18-23-13-9-6-10-14-23)26(32)19-34-24-15-20(2)27(29)21(3)16-24/h5-16,25H,4,17-19H2,1-3H3,(H,30,33)/t25-/m1/s1. The van der Waals surface area contributed by atoms with Gasteiger partial charge in [-0.05, 0) is 55.2 Å². The van der Waals surface area contributed by atoms with E-state index < -0.39 is 6.04 Å². The van der Waals surface area contributed by atoms with E-state index in [1.165, 1.54) is 0 Å². The summed E-state index contributed by atoms with van der Waals surface area (Å²) in [5, 5.41) is 3.58. The monoisotopic (exact) mass is 478 g/mol. The Hall–Kier alpha value is -3.31. The molecule has 34 heavy (non-hydrogen) atoms. The van der Waals surface area contributed by atoms with Crippen LogP contribution in [0.4, 0.5) is 0 Å². The number of hydrogen-bond acceptors (Lipinski definition) is 3. The molecule has 0 bridgehead atoms. The highest BCUT2D eigenvalue weighted by molar-refractivity contribution is 6.32. The number of rotatable bonds is 10. The SMILES string of the molecule is CCNC(=O)[C@@H](Cc1ccccc1)N(Cc1ccccc1)C(=O)COc1cc(C)c(Cl)c(C)c1. The van der Waals surface area contributed by atoms with Gasteiger partial charge in [0.25, 0.3) is 5.91 Å². The Balaban J connectivity index is 1.88. The van der Waals surface area contributed by atoms with Gasteiger partial charge in [0, 0.05) is 24.5 Å². The van der Waals surface area contributed by atoms with Gasteiger partial charge in [0.2, 0.25) is 5.91 Å². The number of ether oxygens (including phenoxy) is 1. The van der Waals surface area contributed by atoms with E-state index in [2.05, 4.69) is 5.32 Å². The minimum absolute atomic E-state index is 0.182. The average molecular weight is 479 g/mol. The molecular weight excluding hydrogens is 448 g/mol. The molecule has 0 aromatic heterocycles. The average Bonchev–Trinajstić information content (AvgIpc) is 2.84. The van der Waals surface area contributed by atoms with Crippen molar-refractivity contribution in [1.82, 2.24) is 10.2 Å². The molecule has 0 saturated carbocycles. The molecule has 0 radical (unpaired) electrons. The van der Waals surface area contributed by atoms with Crippen LogP contribution >= 0.6 is 11.6 Å². The second kappa shape index (κ2) is 12.2. The number of nitrogens with zero attached hydrogens (tertiary/aromatic N) is 1. The van der Waals surface area contributed by atoms with Crippen LogP contribution < -0.4 is 10.1 Å². The van der Waals surface area contributed by atoms with Crippen molar-refractivity contribution < 1.29 is 14.3 Å². The molecule has 3 rings (SSSR count). The largest absolute Gasteiger partial charge is 0.484 e. The van der Waals surface area contributed by atoms with Gasteiger partial charge in [0.15, 0.2) is 6.61 Å². The van der Waals surface area contributed by atoms with E-state index in [1.807, 2.05) is 93.6 Å². The first-order valence-corrected chi connectivity index (χ1v) is 11.8. The summed E-state index contributed by atoms with van der Waals surface area (Å²) in [6.07, 6.45) is 0.407. The number of carbonyl (C=O) groups excluding carboxylic acids is 2. The van der Waals surface area contributed by atoms with E-state index in [4.69, 9.17) is 16.3 Å². The number of halogens is 1. The van der Waals surface area contributed by atoms with Crippen LogP contribution in [-0.2, 0) is 22.6 Å². The lowest BCUT2D eigenvalue weighted by Gasteiger charge is -2.31. The highest BCUT2D eigenvalue weighted by atomic mass is 35.5. The molecule has 6 heteroatoms. The quantitative estimate of drug-likeness (QED) is 0.440. The Morgan fingerprint density at radius 2 is 1.50 bits per heavy atom. The number of likely N-dealkylation sites (N-methyl/N-ethyl adjacent to an activating group) is 1. The van der Waals surface area contributed by atoms with E-state index in [1.54, 1.807) is 4.90 Å². The number of nitrogens with one attached hydrogen (secondary N) is 1. The van der Waals surface area contributed by atoms with Crippen LogP contribution in [0, 0.1) is 13.8 Å².